The van der Waals surface area contributed by atoms with E-state index in [0.717, 1.165) is 27.9 Å². The minimum Gasteiger partial charge on any atom is -0.322 e. The number of benzene rings is 2. The molecule has 3 aromatic rings. The molecule has 0 N–H and O–H groups in total. The maximum Gasteiger partial charge on any atom is 0.128 e. The second-order valence-electron chi connectivity index (χ2n) is 5.29. The van der Waals surface area contributed by atoms with Crippen LogP contribution in [0.25, 0.3) is 11.0 Å². The molecule has 0 saturated carbocycles. The average Bonchev–Trinajstić information content (AvgIpc) is 2.80. The van der Waals surface area contributed by atoms with E-state index in [2.05, 4.69) is 74.9 Å². The van der Waals surface area contributed by atoms with Gasteiger partial charge in [0.1, 0.15) is 5.82 Å². The molecule has 0 bridgehead atoms. The van der Waals surface area contributed by atoms with Crippen molar-refractivity contribution in [1.29, 1.82) is 0 Å². The number of aryl methyl sites for hydroxylation is 1. The minimum atomic E-state index is -0.117. The van der Waals surface area contributed by atoms with E-state index in [1.165, 1.54) is 11.1 Å². The molecule has 0 spiro atoms. The molecule has 21 heavy (non-hydrogen) atoms. The molecule has 0 radical (unpaired) electrons. The normalized spacial score (nSPS) is 12.8. The van der Waals surface area contributed by atoms with Crippen molar-refractivity contribution >= 4 is 38.6 Å². The van der Waals surface area contributed by atoms with Gasteiger partial charge in [0, 0.05) is 11.0 Å². The first-order valence-electron chi connectivity index (χ1n) is 6.90. The largest absolute Gasteiger partial charge is 0.322 e. The van der Waals surface area contributed by atoms with Crippen molar-refractivity contribution < 1.29 is 0 Å². The second-order valence-corrected chi connectivity index (χ2v) is 6.86. The zero-order valence-electron chi connectivity index (χ0n) is 12.0. The van der Waals surface area contributed by atoms with Crippen molar-refractivity contribution in [3.8, 4) is 0 Å². The molecule has 2 nitrogen and oxygen atoms in total. The summed E-state index contributed by atoms with van der Waals surface area (Å²) >= 11 is 9.79. The van der Waals surface area contributed by atoms with E-state index in [1.807, 2.05) is 6.92 Å². The van der Waals surface area contributed by atoms with Crippen LogP contribution in [0.5, 0.6) is 0 Å². The van der Waals surface area contributed by atoms with E-state index in [-0.39, 0.29) is 5.38 Å². The van der Waals surface area contributed by atoms with Crippen molar-refractivity contribution in [1.82, 2.24) is 9.55 Å². The maximum atomic E-state index is 6.32. The first-order valence-corrected chi connectivity index (χ1v) is 8.13. The van der Waals surface area contributed by atoms with Gasteiger partial charge in [-0.15, -0.1) is 11.6 Å². The first kappa shape index (κ1) is 14.6. The Morgan fingerprint density at radius 1 is 1.19 bits per heavy atom. The Morgan fingerprint density at radius 3 is 2.57 bits per heavy atom. The summed E-state index contributed by atoms with van der Waals surface area (Å²) < 4.78 is 3.30. The number of alkyl halides is 1. The van der Waals surface area contributed by atoms with Gasteiger partial charge in [0.2, 0.25) is 0 Å². The summed E-state index contributed by atoms with van der Waals surface area (Å²) in [6.07, 6.45) is 0. The fourth-order valence-corrected chi connectivity index (χ4v) is 2.92. The molecule has 108 valence electrons. The summed E-state index contributed by atoms with van der Waals surface area (Å²) in [5.74, 6) is 0.917. The molecule has 0 aliphatic heterocycles. The molecule has 4 heteroatoms. The van der Waals surface area contributed by atoms with Gasteiger partial charge in [-0.3, -0.25) is 0 Å². The van der Waals surface area contributed by atoms with Gasteiger partial charge in [0.05, 0.1) is 16.4 Å². The summed E-state index contributed by atoms with van der Waals surface area (Å²) in [6.45, 7) is 4.84. The molecule has 0 aliphatic rings. The lowest BCUT2D eigenvalue weighted by atomic mass is 10.2. The van der Waals surface area contributed by atoms with Crippen LogP contribution in [0.3, 0.4) is 0 Å². The molecule has 1 atom stereocenters. The number of hydrogen-bond acceptors (Lipinski definition) is 1. The molecule has 0 fully saturated rings. The van der Waals surface area contributed by atoms with Crippen molar-refractivity contribution in [3.63, 3.8) is 0 Å². The van der Waals surface area contributed by atoms with E-state index in [9.17, 15) is 0 Å². The van der Waals surface area contributed by atoms with Gasteiger partial charge in [-0.1, -0.05) is 34.1 Å². The SMILES string of the molecule is Cc1ccc2nc(C(C)Cl)n(Cc3ccc(Br)cc3)c2c1. The number of halogens is 2. The molecular formula is C17H16BrClN2. The summed E-state index contributed by atoms with van der Waals surface area (Å²) in [7, 11) is 0. The van der Waals surface area contributed by atoms with Crippen molar-refractivity contribution in [2.75, 3.05) is 0 Å². The van der Waals surface area contributed by atoms with Gasteiger partial charge in [0.25, 0.3) is 0 Å². The van der Waals surface area contributed by atoms with Crippen LogP contribution in [0.15, 0.2) is 46.9 Å². The lowest BCUT2D eigenvalue weighted by molar-refractivity contribution is 0.742. The van der Waals surface area contributed by atoms with Crippen LogP contribution in [0, 0.1) is 6.92 Å². The van der Waals surface area contributed by atoms with E-state index in [0.29, 0.717) is 0 Å². The van der Waals surface area contributed by atoms with Gasteiger partial charge in [0.15, 0.2) is 0 Å². The highest BCUT2D eigenvalue weighted by Gasteiger charge is 2.15. The Hall–Kier alpha value is -1.32. The van der Waals surface area contributed by atoms with E-state index >= 15 is 0 Å². The third kappa shape index (κ3) is 2.99. The molecule has 3 rings (SSSR count). The average molecular weight is 364 g/mol. The van der Waals surface area contributed by atoms with Crippen LogP contribution < -0.4 is 0 Å². The fraction of sp³-hybridized carbons (Fsp3) is 0.235. The van der Waals surface area contributed by atoms with E-state index < -0.39 is 0 Å². The highest BCUT2D eigenvalue weighted by Crippen LogP contribution is 2.26. The Bertz CT molecular complexity index is 775. The van der Waals surface area contributed by atoms with Gasteiger partial charge >= 0.3 is 0 Å². The molecule has 2 aromatic carbocycles. The maximum absolute atomic E-state index is 6.32. The van der Waals surface area contributed by atoms with Crippen LogP contribution in [0.4, 0.5) is 0 Å². The number of nitrogens with zero attached hydrogens (tertiary/aromatic N) is 2. The third-order valence-corrected chi connectivity index (χ3v) is 4.27. The molecule has 0 saturated heterocycles. The highest BCUT2D eigenvalue weighted by molar-refractivity contribution is 9.10. The van der Waals surface area contributed by atoms with E-state index in [1.54, 1.807) is 0 Å². The highest BCUT2D eigenvalue weighted by atomic mass is 79.9. The number of hydrogen-bond donors (Lipinski definition) is 0. The summed E-state index contributed by atoms with van der Waals surface area (Å²) in [4.78, 5) is 4.69. The van der Waals surface area contributed by atoms with Gasteiger partial charge in [-0.05, 0) is 49.2 Å². The Balaban J connectivity index is 2.12. The van der Waals surface area contributed by atoms with E-state index in [4.69, 9.17) is 11.6 Å². The van der Waals surface area contributed by atoms with Crippen LogP contribution in [-0.2, 0) is 6.54 Å². The minimum absolute atomic E-state index is 0.117. The first-order chi connectivity index (χ1) is 10.0. The smallest absolute Gasteiger partial charge is 0.128 e. The second kappa shape index (κ2) is 5.82. The quantitative estimate of drug-likeness (QED) is 0.565. The molecule has 1 aromatic heterocycles. The van der Waals surface area contributed by atoms with Crippen molar-refractivity contribution in [2.45, 2.75) is 25.8 Å². The molecule has 1 unspecified atom stereocenters. The molecule has 0 amide bonds. The zero-order chi connectivity index (χ0) is 15.0. The summed E-state index contributed by atoms with van der Waals surface area (Å²) in [5, 5.41) is -0.117. The molecule has 1 heterocycles. The zero-order valence-corrected chi connectivity index (χ0v) is 14.3. The molecule has 0 aliphatic carbocycles. The van der Waals surface area contributed by atoms with Gasteiger partial charge < -0.3 is 4.57 Å². The Morgan fingerprint density at radius 2 is 1.90 bits per heavy atom. The number of rotatable bonds is 3. The number of aromatic nitrogens is 2. The predicted octanol–water partition coefficient (Wildman–Crippen LogP) is 5.46. The van der Waals surface area contributed by atoms with Crippen molar-refractivity contribution in [3.05, 3.63) is 63.9 Å². The third-order valence-electron chi connectivity index (χ3n) is 3.54. The molecular weight excluding hydrogens is 348 g/mol. The topological polar surface area (TPSA) is 17.8 Å². The lowest BCUT2D eigenvalue weighted by Gasteiger charge is -2.11. The predicted molar refractivity (Wildman–Crippen MR) is 92.0 cm³/mol. The van der Waals surface area contributed by atoms with Crippen molar-refractivity contribution in [2.24, 2.45) is 0 Å². The monoisotopic (exact) mass is 362 g/mol. The van der Waals surface area contributed by atoms with Gasteiger partial charge in [-0.2, -0.15) is 0 Å². The number of fused-ring (bicyclic) bond motifs is 1. The van der Waals surface area contributed by atoms with Crippen LogP contribution >= 0.6 is 27.5 Å². The van der Waals surface area contributed by atoms with Crippen LogP contribution in [-0.4, -0.2) is 9.55 Å². The van der Waals surface area contributed by atoms with Gasteiger partial charge in [-0.25, -0.2) is 4.98 Å². The Kier molecular flexibility index (Phi) is 4.05. The Labute approximate surface area is 137 Å². The van der Waals surface area contributed by atoms with Crippen LogP contribution in [0.2, 0.25) is 0 Å². The summed E-state index contributed by atoms with van der Waals surface area (Å²) in [5.41, 5.74) is 4.60. The van der Waals surface area contributed by atoms with Crippen LogP contribution in [0.1, 0.15) is 29.3 Å². The lowest BCUT2D eigenvalue weighted by Crippen LogP contribution is -2.05. The standard InChI is InChI=1S/C17H16BrClN2/c1-11-3-8-15-16(9-11)21(17(20-15)12(2)19)10-13-4-6-14(18)7-5-13/h3-9,12H,10H2,1-2H3. The number of imidazole rings is 1. The summed E-state index contributed by atoms with van der Waals surface area (Å²) in [6, 6.07) is 14.7. The fourth-order valence-electron chi connectivity index (χ4n) is 2.49.